The molecule has 0 unspecified atom stereocenters. The van der Waals surface area contributed by atoms with Gasteiger partial charge in [0.1, 0.15) is 6.33 Å². The van der Waals surface area contributed by atoms with Gasteiger partial charge in [-0.1, -0.05) is 17.4 Å². The van der Waals surface area contributed by atoms with Gasteiger partial charge in [0.25, 0.3) is 5.56 Å². The average Bonchev–Trinajstić information content (AvgIpc) is 3.05. The Morgan fingerprint density at radius 3 is 2.95 bits per heavy atom. The van der Waals surface area contributed by atoms with Crippen LogP contribution in [0.25, 0.3) is 11.0 Å². The Bertz CT molecular complexity index is 885. The average molecular weight is 303 g/mol. The summed E-state index contributed by atoms with van der Waals surface area (Å²) >= 11 is 1.30. The van der Waals surface area contributed by atoms with E-state index in [1.165, 1.54) is 22.2 Å². The minimum absolute atomic E-state index is 0.166. The molecule has 0 atom stereocenters. The van der Waals surface area contributed by atoms with Crippen LogP contribution in [0.4, 0.5) is 0 Å². The molecule has 1 aromatic carbocycles. The molecule has 0 aliphatic rings. The summed E-state index contributed by atoms with van der Waals surface area (Å²) in [6.45, 7) is 2.48. The second-order valence-electron chi connectivity index (χ2n) is 4.21. The molecular formula is C14H13N3O3S. The molecule has 7 heteroatoms. The fraction of sp³-hybridized carbons (Fsp3) is 0.214. The van der Waals surface area contributed by atoms with Gasteiger partial charge in [0.15, 0.2) is 11.5 Å². The summed E-state index contributed by atoms with van der Waals surface area (Å²) in [5.74, 6) is 1.32. The van der Waals surface area contributed by atoms with Gasteiger partial charge in [-0.2, -0.15) is 9.61 Å². The maximum Gasteiger partial charge on any atom is 0.291 e. The fourth-order valence-corrected chi connectivity index (χ4v) is 2.86. The lowest BCUT2D eigenvalue weighted by Crippen LogP contribution is -2.23. The first kappa shape index (κ1) is 13.6. The van der Waals surface area contributed by atoms with Gasteiger partial charge in [-0.15, -0.1) is 0 Å². The van der Waals surface area contributed by atoms with Crippen LogP contribution in [-0.2, 0) is 0 Å². The van der Waals surface area contributed by atoms with Gasteiger partial charge in [0, 0.05) is 0 Å². The van der Waals surface area contributed by atoms with E-state index < -0.39 is 0 Å². The molecule has 108 valence electrons. The van der Waals surface area contributed by atoms with Crippen LogP contribution in [0, 0.1) is 0 Å². The fourth-order valence-electron chi connectivity index (χ4n) is 1.98. The van der Waals surface area contributed by atoms with Gasteiger partial charge in [-0.05, 0) is 30.7 Å². The lowest BCUT2D eigenvalue weighted by atomic mass is 10.2. The van der Waals surface area contributed by atoms with Crippen LogP contribution < -0.4 is 19.6 Å². The number of ether oxygens (including phenoxy) is 2. The highest BCUT2D eigenvalue weighted by atomic mass is 32.1. The Morgan fingerprint density at radius 2 is 2.24 bits per heavy atom. The van der Waals surface area contributed by atoms with Crippen LogP contribution in [0.2, 0.25) is 0 Å². The van der Waals surface area contributed by atoms with Gasteiger partial charge in [0.2, 0.25) is 4.96 Å². The molecule has 2 aromatic heterocycles. The zero-order valence-electron chi connectivity index (χ0n) is 11.6. The molecule has 0 amide bonds. The predicted octanol–water partition coefficient (Wildman–Crippen LogP) is 1.11. The number of hydrogen-bond acceptors (Lipinski definition) is 6. The molecule has 0 fully saturated rings. The second kappa shape index (κ2) is 5.53. The third-order valence-corrected chi connectivity index (χ3v) is 3.88. The number of benzene rings is 1. The molecular weight excluding hydrogens is 290 g/mol. The summed E-state index contributed by atoms with van der Waals surface area (Å²) in [6, 6.07) is 5.54. The van der Waals surface area contributed by atoms with E-state index in [0.29, 0.717) is 27.6 Å². The lowest BCUT2D eigenvalue weighted by Gasteiger charge is -2.09. The maximum atomic E-state index is 12.1. The van der Waals surface area contributed by atoms with Gasteiger partial charge < -0.3 is 9.47 Å². The minimum atomic E-state index is -0.166. The van der Waals surface area contributed by atoms with Crippen LogP contribution >= 0.6 is 11.3 Å². The summed E-state index contributed by atoms with van der Waals surface area (Å²) in [6.07, 6.45) is 3.17. The first-order valence-corrected chi connectivity index (χ1v) is 7.19. The monoisotopic (exact) mass is 303 g/mol. The molecule has 0 saturated heterocycles. The SMILES string of the molecule is CCOc1ccc(/C=c2/sc3ncnn3c2=O)cc1OC. The highest BCUT2D eigenvalue weighted by molar-refractivity contribution is 7.15. The minimum Gasteiger partial charge on any atom is -0.493 e. The van der Waals surface area contributed by atoms with Crippen molar-refractivity contribution in [3.63, 3.8) is 0 Å². The lowest BCUT2D eigenvalue weighted by molar-refractivity contribution is 0.311. The van der Waals surface area contributed by atoms with E-state index in [9.17, 15) is 4.79 Å². The summed E-state index contributed by atoms with van der Waals surface area (Å²) in [5.41, 5.74) is 0.692. The van der Waals surface area contributed by atoms with Crippen LogP contribution in [0.5, 0.6) is 11.5 Å². The van der Waals surface area contributed by atoms with Crippen LogP contribution in [0.1, 0.15) is 12.5 Å². The van der Waals surface area contributed by atoms with Crippen LogP contribution in [0.3, 0.4) is 0 Å². The van der Waals surface area contributed by atoms with Crippen molar-refractivity contribution in [2.24, 2.45) is 0 Å². The van der Waals surface area contributed by atoms with Gasteiger partial charge in [-0.25, -0.2) is 4.98 Å². The van der Waals surface area contributed by atoms with Crippen molar-refractivity contribution in [1.29, 1.82) is 0 Å². The first-order valence-electron chi connectivity index (χ1n) is 6.38. The Hall–Kier alpha value is -2.41. The molecule has 0 radical (unpaired) electrons. The standard InChI is InChI=1S/C14H13N3O3S/c1-3-20-10-5-4-9(6-11(10)19-2)7-12-13(18)17-14(21-12)15-8-16-17/h4-8H,3H2,1-2H3/b12-7+. The largest absolute Gasteiger partial charge is 0.493 e. The number of aromatic nitrogens is 3. The van der Waals surface area contributed by atoms with E-state index in [-0.39, 0.29) is 5.56 Å². The van der Waals surface area contributed by atoms with E-state index >= 15 is 0 Å². The topological polar surface area (TPSA) is 65.7 Å². The maximum absolute atomic E-state index is 12.1. The van der Waals surface area contributed by atoms with E-state index in [1.54, 1.807) is 13.2 Å². The molecule has 6 nitrogen and oxygen atoms in total. The third kappa shape index (κ3) is 2.47. The number of methoxy groups -OCH3 is 1. The summed E-state index contributed by atoms with van der Waals surface area (Å²) < 4.78 is 12.6. The smallest absolute Gasteiger partial charge is 0.291 e. The molecule has 0 saturated carbocycles. The number of hydrogen-bond donors (Lipinski definition) is 0. The molecule has 3 aromatic rings. The summed E-state index contributed by atoms with van der Waals surface area (Å²) in [7, 11) is 1.59. The van der Waals surface area contributed by atoms with Crippen LogP contribution in [-0.4, -0.2) is 28.3 Å². The normalized spacial score (nSPS) is 12.0. The molecule has 0 spiro atoms. The molecule has 0 aliphatic heterocycles. The Labute approximate surface area is 124 Å². The highest BCUT2D eigenvalue weighted by Gasteiger charge is 2.07. The molecule has 3 rings (SSSR count). The Morgan fingerprint density at radius 1 is 1.38 bits per heavy atom. The molecule has 2 heterocycles. The summed E-state index contributed by atoms with van der Waals surface area (Å²) in [5, 5.41) is 3.89. The number of thiazole rings is 1. The zero-order chi connectivity index (χ0) is 14.8. The number of nitrogens with zero attached hydrogens (tertiary/aromatic N) is 3. The van der Waals surface area contributed by atoms with Crippen molar-refractivity contribution in [1.82, 2.24) is 14.6 Å². The van der Waals surface area contributed by atoms with Crippen LogP contribution in [0.15, 0.2) is 29.3 Å². The zero-order valence-corrected chi connectivity index (χ0v) is 12.4. The van der Waals surface area contributed by atoms with Gasteiger partial charge in [-0.3, -0.25) is 4.79 Å². The Balaban J connectivity index is 2.08. The quantitative estimate of drug-likeness (QED) is 0.722. The van der Waals surface area contributed by atoms with E-state index in [0.717, 1.165) is 5.56 Å². The third-order valence-electron chi connectivity index (χ3n) is 2.91. The van der Waals surface area contributed by atoms with Crippen molar-refractivity contribution in [2.45, 2.75) is 6.92 Å². The van der Waals surface area contributed by atoms with Crippen molar-refractivity contribution in [2.75, 3.05) is 13.7 Å². The van der Waals surface area contributed by atoms with Crippen molar-refractivity contribution >= 4 is 22.4 Å². The van der Waals surface area contributed by atoms with E-state index in [2.05, 4.69) is 10.1 Å². The highest BCUT2D eigenvalue weighted by Crippen LogP contribution is 2.28. The van der Waals surface area contributed by atoms with Crippen molar-refractivity contribution in [3.8, 4) is 11.5 Å². The van der Waals surface area contributed by atoms with Crippen molar-refractivity contribution < 1.29 is 9.47 Å². The number of fused-ring (bicyclic) bond motifs is 1. The van der Waals surface area contributed by atoms with Gasteiger partial charge >= 0.3 is 0 Å². The first-order chi connectivity index (χ1) is 10.2. The van der Waals surface area contributed by atoms with Crippen molar-refractivity contribution in [3.05, 3.63) is 45.0 Å². The van der Waals surface area contributed by atoms with E-state index in [4.69, 9.17) is 9.47 Å². The van der Waals surface area contributed by atoms with E-state index in [1.807, 2.05) is 25.1 Å². The number of rotatable bonds is 4. The predicted molar refractivity (Wildman–Crippen MR) is 80.1 cm³/mol. The Kier molecular flexibility index (Phi) is 3.57. The van der Waals surface area contributed by atoms with Gasteiger partial charge in [0.05, 0.1) is 18.2 Å². The summed E-state index contributed by atoms with van der Waals surface area (Å²) in [4.78, 5) is 16.7. The molecule has 0 bridgehead atoms. The molecule has 0 N–H and O–H groups in total. The molecule has 0 aliphatic carbocycles. The second-order valence-corrected chi connectivity index (χ2v) is 5.22. The molecule has 21 heavy (non-hydrogen) atoms.